The average Bonchev–Trinajstić information content (AvgIpc) is 2.76. The highest BCUT2D eigenvalue weighted by Crippen LogP contribution is 2.38. The third-order valence-corrected chi connectivity index (χ3v) is 3.47. The number of carboxylic acid groups (broad SMARTS) is 1. The first-order chi connectivity index (χ1) is 7.11. The molecule has 1 aliphatic rings. The van der Waals surface area contributed by atoms with Crippen LogP contribution in [0.4, 0.5) is 0 Å². The monoisotopic (exact) mass is 226 g/mol. The zero-order chi connectivity index (χ0) is 11.0. The molecule has 2 atom stereocenters. The number of carboxylic acids is 1. The molecule has 0 saturated carbocycles. The van der Waals surface area contributed by atoms with Crippen molar-refractivity contribution in [3.05, 3.63) is 17.1 Å². The van der Waals surface area contributed by atoms with E-state index in [0.29, 0.717) is 0 Å². The van der Waals surface area contributed by atoms with Crippen LogP contribution in [0.25, 0.3) is 0 Å². The molecular weight excluding hydrogens is 216 g/mol. The lowest BCUT2D eigenvalue weighted by atomic mass is 9.99. The molecule has 15 heavy (non-hydrogen) atoms. The molecule has 0 aromatic carbocycles. The van der Waals surface area contributed by atoms with Crippen LogP contribution in [0.15, 0.2) is 12.3 Å². The zero-order valence-corrected chi connectivity index (χ0v) is 8.90. The molecule has 2 rings (SSSR count). The van der Waals surface area contributed by atoms with E-state index in [1.807, 2.05) is 0 Å². The topological polar surface area (TPSA) is 70.5 Å². The highest BCUT2D eigenvalue weighted by Gasteiger charge is 2.43. The fraction of sp³-hybridized carbons (Fsp3) is 0.444. The van der Waals surface area contributed by atoms with Gasteiger partial charge in [0.25, 0.3) is 0 Å². The molecule has 0 radical (unpaired) electrons. The number of carbonyl (C=O) groups is 2. The SMILES string of the molecule is CN1C(=O)CC(C(=O)O)C1c1ccns1. The molecule has 1 aliphatic heterocycles. The molecule has 1 aromatic heterocycles. The Balaban J connectivity index is 2.34. The standard InChI is InChI=1S/C9H10N2O3S/c1-11-7(12)4-5(9(13)14)8(11)6-2-3-10-15-6/h2-3,5,8H,4H2,1H3,(H,13,14). The summed E-state index contributed by atoms with van der Waals surface area (Å²) in [5, 5.41) is 9.02. The molecule has 1 N–H and O–H groups in total. The average molecular weight is 226 g/mol. The summed E-state index contributed by atoms with van der Waals surface area (Å²) in [7, 11) is 1.63. The minimum Gasteiger partial charge on any atom is -0.481 e. The van der Waals surface area contributed by atoms with Gasteiger partial charge >= 0.3 is 5.97 Å². The first kappa shape index (κ1) is 10.1. The lowest BCUT2D eigenvalue weighted by molar-refractivity contribution is -0.142. The number of carbonyl (C=O) groups excluding carboxylic acids is 1. The molecule has 6 heteroatoms. The number of aliphatic carboxylic acids is 1. The number of hydrogen-bond acceptors (Lipinski definition) is 4. The summed E-state index contributed by atoms with van der Waals surface area (Å²) in [4.78, 5) is 24.8. The Morgan fingerprint density at radius 1 is 1.73 bits per heavy atom. The van der Waals surface area contributed by atoms with E-state index >= 15 is 0 Å². The van der Waals surface area contributed by atoms with Gasteiger partial charge < -0.3 is 10.0 Å². The highest BCUT2D eigenvalue weighted by molar-refractivity contribution is 7.05. The minimum absolute atomic E-state index is 0.0778. The molecule has 1 amide bonds. The summed E-state index contributed by atoms with van der Waals surface area (Å²) in [5.74, 6) is -1.70. The highest BCUT2D eigenvalue weighted by atomic mass is 32.1. The largest absolute Gasteiger partial charge is 0.481 e. The van der Waals surface area contributed by atoms with Gasteiger partial charge in [-0.25, -0.2) is 4.37 Å². The van der Waals surface area contributed by atoms with Crippen molar-refractivity contribution < 1.29 is 14.7 Å². The molecular formula is C9H10N2O3S. The number of amides is 1. The van der Waals surface area contributed by atoms with Crippen molar-refractivity contribution in [1.29, 1.82) is 0 Å². The van der Waals surface area contributed by atoms with Gasteiger partial charge in [0.1, 0.15) is 0 Å². The number of likely N-dealkylation sites (tertiary alicyclic amines) is 1. The van der Waals surface area contributed by atoms with Gasteiger partial charge in [-0.05, 0) is 17.6 Å². The van der Waals surface area contributed by atoms with E-state index < -0.39 is 11.9 Å². The van der Waals surface area contributed by atoms with Crippen LogP contribution >= 0.6 is 11.5 Å². The molecule has 1 fully saturated rings. The van der Waals surface area contributed by atoms with Gasteiger partial charge in [0.15, 0.2) is 0 Å². The first-order valence-electron chi connectivity index (χ1n) is 4.50. The minimum atomic E-state index is -0.925. The van der Waals surface area contributed by atoms with Crippen LogP contribution in [-0.2, 0) is 9.59 Å². The molecule has 1 aromatic rings. The smallest absolute Gasteiger partial charge is 0.309 e. The fourth-order valence-electron chi connectivity index (χ4n) is 1.86. The maximum Gasteiger partial charge on any atom is 0.309 e. The van der Waals surface area contributed by atoms with Crippen molar-refractivity contribution in [3.8, 4) is 0 Å². The van der Waals surface area contributed by atoms with Crippen LogP contribution in [0.2, 0.25) is 0 Å². The maximum atomic E-state index is 11.4. The third kappa shape index (κ3) is 1.61. The van der Waals surface area contributed by atoms with Gasteiger partial charge in [-0.1, -0.05) is 0 Å². The first-order valence-corrected chi connectivity index (χ1v) is 5.27. The second-order valence-electron chi connectivity index (χ2n) is 3.51. The predicted octanol–water partition coefficient (Wildman–Crippen LogP) is 0.747. The van der Waals surface area contributed by atoms with Crippen LogP contribution in [0.1, 0.15) is 17.3 Å². The molecule has 0 bridgehead atoms. The Morgan fingerprint density at radius 3 is 3.00 bits per heavy atom. The molecule has 80 valence electrons. The van der Waals surface area contributed by atoms with Crippen molar-refractivity contribution in [3.63, 3.8) is 0 Å². The normalized spacial score (nSPS) is 25.9. The second-order valence-corrected chi connectivity index (χ2v) is 4.38. The summed E-state index contributed by atoms with van der Waals surface area (Å²) in [5.41, 5.74) is 0. The molecule has 5 nitrogen and oxygen atoms in total. The van der Waals surface area contributed by atoms with Crippen LogP contribution in [0, 0.1) is 5.92 Å². The molecule has 1 saturated heterocycles. The fourth-order valence-corrected chi connectivity index (χ4v) is 2.65. The van der Waals surface area contributed by atoms with Gasteiger partial charge in [0.2, 0.25) is 5.91 Å². The van der Waals surface area contributed by atoms with Crippen LogP contribution in [0.3, 0.4) is 0 Å². The van der Waals surface area contributed by atoms with Gasteiger partial charge in [-0.2, -0.15) is 0 Å². The third-order valence-electron chi connectivity index (χ3n) is 2.65. The van der Waals surface area contributed by atoms with E-state index in [1.54, 1.807) is 19.3 Å². The van der Waals surface area contributed by atoms with E-state index in [-0.39, 0.29) is 18.4 Å². The van der Waals surface area contributed by atoms with Gasteiger partial charge in [0.05, 0.1) is 12.0 Å². The van der Waals surface area contributed by atoms with E-state index in [0.717, 1.165) is 4.88 Å². The van der Waals surface area contributed by atoms with Crippen molar-refractivity contribution in [2.24, 2.45) is 5.92 Å². The Bertz CT molecular complexity index is 390. The summed E-state index contributed by atoms with van der Waals surface area (Å²) >= 11 is 1.24. The zero-order valence-electron chi connectivity index (χ0n) is 8.08. The van der Waals surface area contributed by atoms with E-state index in [2.05, 4.69) is 4.37 Å². The van der Waals surface area contributed by atoms with Crippen LogP contribution < -0.4 is 0 Å². The Hall–Kier alpha value is -1.43. The predicted molar refractivity (Wildman–Crippen MR) is 53.4 cm³/mol. The van der Waals surface area contributed by atoms with E-state index in [9.17, 15) is 9.59 Å². The van der Waals surface area contributed by atoms with E-state index in [4.69, 9.17) is 5.11 Å². The Kier molecular flexibility index (Phi) is 2.44. The van der Waals surface area contributed by atoms with Crippen molar-refractivity contribution in [1.82, 2.24) is 9.27 Å². The summed E-state index contributed by atoms with van der Waals surface area (Å²) in [6, 6.07) is 1.41. The second kappa shape index (κ2) is 3.62. The van der Waals surface area contributed by atoms with E-state index in [1.165, 1.54) is 16.4 Å². The number of hydrogen-bond donors (Lipinski definition) is 1. The van der Waals surface area contributed by atoms with Crippen molar-refractivity contribution >= 4 is 23.4 Å². The van der Waals surface area contributed by atoms with Crippen molar-refractivity contribution in [2.45, 2.75) is 12.5 Å². The number of aromatic nitrogens is 1. The molecule has 2 heterocycles. The molecule has 0 aliphatic carbocycles. The quantitative estimate of drug-likeness (QED) is 0.807. The van der Waals surface area contributed by atoms with Gasteiger partial charge in [-0.15, -0.1) is 0 Å². The van der Waals surface area contributed by atoms with Crippen LogP contribution in [-0.4, -0.2) is 33.3 Å². The van der Waals surface area contributed by atoms with Gasteiger partial charge in [-0.3, -0.25) is 9.59 Å². The number of rotatable bonds is 2. The molecule has 0 spiro atoms. The summed E-state index contributed by atoms with van der Waals surface area (Å²) in [6.07, 6.45) is 1.70. The summed E-state index contributed by atoms with van der Waals surface area (Å²) < 4.78 is 3.93. The van der Waals surface area contributed by atoms with Crippen molar-refractivity contribution in [2.75, 3.05) is 7.05 Å². The lowest BCUT2D eigenvalue weighted by Gasteiger charge is -2.20. The lowest BCUT2D eigenvalue weighted by Crippen LogP contribution is -2.26. The van der Waals surface area contributed by atoms with Gasteiger partial charge in [0, 0.05) is 24.5 Å². The molecule has 2 unspecified atom stereocenters. The number of nitrogens with zero attached hydrogens (tertiary/aromatic N) is 2. The maximum absolute atomic E-state index is 11.4. The Labute approximate surface area is 90.5 Å². The Morgan fingerprint density at radius 2 is 2.47 bits per heavy atom. The van der Waals surface area contributed by atoms with Crippen LogP contribution in [0.5, 0.6) is 0 Å². The summed E-state index contributed by atoms with van der Waals surface area (Å²) in [6.45, 7) is 0.